The monoisotopic (exact) mass is 239 g/mol. The molecule has 0 radical (unpaired) electrons. The van der Waals surface area contributed by atoms with Gasteiger partial charge in [-0.25, -0.2) is 0 Å². The van der Waals surface area contributed by atoms with Gasteiger partial charge in [0.1, 0.15) is 0 Å². The van der Waals surface area contributed by atoms with Crippen LogP contribution < -0.4 is 0 Å². The minimum atomic E-state index is -0.684. The maximum Gasteiger partial charge on any atom is 0.0921 e. The molecule has 1 fully saturated rings. The minimum absolute atomic E-state index is 0.684. The fourth-order valence-corrected chi connectivity index (χ4v) is 2.50. The molecule has 1 heterocycles. The molecule has 1 N–H and O–H groups in total. The second-order valence-electron chi connectivity index (χ2n) is 4.48. The van der Waals surface area contributed by atoms with Gasteiger partial charge in [0.15, 0.2) is 0 Å². The Morgan fingerprint density at radius 2 is 2.06 bits per heavy atom. The van der Waals surface area contributed by atoms with Gasteiger partial charge in [0.05, 0.1) is 5.60 Å². The zero-order valence-corrected chi connectivity index (χ0v) is 10.4. The molecule has 1 aromatic carbocycles. The van der Waals surface area contributed by atoms with Crippen LogP contribution in [0.3, 0.4) is 0 Å². The largest absolute Gasteiger partial charge is 0.385 e. The van der Waals surface area contributed by atoms with Crippen LogP contribution in [0.2, 0.25) is 5.02 Å². The molecule has 0 spiro atoms. The van der Waals surface area contributed by atoms with Crippen molar-refractivity contribution in [1.29, 1.82) is 0 Å². The molecular formula is C13H18ClNO. The molecule has 0 bridgehead atoms. The molecule has 16 heavy (non-hydrogen) atoms. The van der Waals surface area contributed by atoms with Gasteiger partial charge in [-0.2, -0.15) is 0 Å². The molecule has 0 atom stereocenters. The Balaban J connectivity index is 2.15. The van der Waals surface area contributed by atoms with Gasteiger partial charge in [0.25, 0.3) is 0 Å². The molecule has 0 aliphatic carbocycles. The van der Waals surface area contributed by atoms with Crippen LogP contribution in [0.4, 0.5) is 0 Å². The van der Waals surface area contributed by atoms with Crippen LogP contribution in [0.25, 0.3) is 0 Å². The quantitative estimate of drug-likeness (QED) is 0.858. The fraction of sp³-hybridized carbons (Fsp3) is 0.538. The van der Waals surface area contributed by atoms with Crippen molar-refractivity contribution >= 4 is 11.6 Å². The van der Waals surface area contributed by atoms with Gasteiger partial charge in [-0.05, 0) is 37.1 Å². The summed E-state index contributed by atoms with van der Waals surface area (Å²) in [5, 5.41) is 11.3. The third-order valence-electron chi connectivity index (χ3n) is 3.49. The first-order valence-corrected chi connectivity index (χ1v) is 6.22. The Bertz CT molecular complexity index is 359. The smallest absolute Gasteiger partial charge is 0.0921 e. The van der Waals surface area contributed by atoms with Gasteiger partial charge < -0.3 is 10.0 Å². The van der Waals surface area contributed by atoms with E-state index in [-0.39, 0.29) is 0 Å². The van der Waals surface area contributed by atoms with Crippen LogP contribution >= 0.6 is 11.6 Å². The van der Waals surface area contributed by atoms with E-state index in [1.807, 2.05) is 24.3 Å². The van der Waals surface area contributed by atoms with E-state index in [4.69, 9.17) is 11.6 Å². The highest BCUT2D eigenvalue weighted by Gasteiger charge is 2.33. The van der Waals surface area contributed by atoms with E-state index in [9.17, 15) is 5.11 Å². The molecule has 0 unspecified atom stereocenters. The summed E-state index contributed by atoms with van der Waals surface area (Å²) >= 11 is 5.96. The first-order chi connectivity index (χ1) is 7.64. The Kier molecular flexibility index (Phi) is 3.53. The van der Waals surface area contributed by atoms with Gasteiger partial charge in [0, 0.05) is 18.1 Å². The third kappa shape index (κ3) is 2.40. The Hall–Kier alpha value is -0.570. The zero-order valence-electron chi connectivity index (χ0n) is 9.62. The van der Waals surface area contributed by atoms with Crippen molar-refractivity contribution in [2.24, 2.45) is 0 Å². The third-order valence-corrected chi connectivity index (χ3v) is 3.73. The Morgan fingerprint density at radius 1 is 1.38 bits per heavy atom. The van der Waals surface area contributed by atoms with Gasteiger partial charge in [-0.3, -0.25) is 0 Å². The first-order valence-electron chi connectivity index (χ1n) is 5.85. The summed E-state index contributed by atoms with van der Waals surface area (Å²) in [6, 6.07) is 7.59. The lowest BCUT2D eigenvalue weighted by Crippen LogP contribution is -2.42. The normalized spacial score (nSPS) is 20.9. The standard InChI is InChI=1S/C13H18ClNO/c1-2-15-8-6-13(16,7-9-15)11-4-3-5-12(14)10-11/h3-5,10,16H,2,6-9H2,1H3. The van der Waals surface area contributed by atoms with Crippen LogP contribution in [0.15, 0.2) is 24.3 Å². The Morgan fingerprint density at radius 3 is 2.62 bits per heavy atom. The lowest BCUT2D eigenvalue weighted by atomic mass is 9.84. The highest BCUT2D eigenvalue weighted by Crippen LogP contribution is 2.33. The van der Waals surface area contributed by atoms with Crippen LogP contribution in [0.5, 0.6) is 0 Å². The molecule has 1 aliphatic rings. The van der Waals surface area contributed by atoms with E-state index in [0.717, 1.165) is 38.0 Å². The van der Waals surface area contributed by atoms with Crippen LogP contribution in [-0.2, 0) is 5.60 Å². The van der Waals surface area contributed by atoms with Crippen molar-refractivity contribution in [2.75, 3.05) is 19.6 Å². The summed E-state index contributed by atoms with van der Waals surface area (Å²) in [6.45, 7) is 5.13. The average molecular weight is 240 g/mol. The van der Waals surface area contributed by atoms with Crippen molar-refractivity contribution in [3.8, 4) is 0 Å². The maximum atomic E-state index is 10.6. The van der Waals surface area contributed by atoms with Crippen molar-refractivity contribution < 1.29 is 5.11 Å². The summed E-state index contributed by atoms with van der Waals surface area (Å²) < 4.78 is 0. The molecule has 1 aromatic rings. The van der Waals surface area contributed by atoms with E-state index in [1.54, 1.807) is 0 Å². The number of hydrogen-bond donors (Lipinski definition) is 1. The first kappa shape index (κ1) is 11.9. The van der Waals surface area contributed by atoms with E-state index in [0.29, 0.717) is 5.02 Å². The maximum absolute atomic E-state index is 10.6. The predicted molar refractivity (Wildman–Crippen MR) is 66.7 cm³/mol. The molecule has 2 rings (SSSR count). The van der Waals surface area contributed by atoms with E-state index in [1.165, 1.54) is 0 Å². The predicted octanol–water partition coefficient (Wildman–Crippen LogP) is 2.64. The number of rotatable bonds is 2. The second-order valence-corrected chi connectivity index (χ2v) is 4.91. The molecule has 0 saturated carbocycles. The molecule has 1 saturated heterocycles. The van der Waals surface area contributed by atoms with Crippen molar-refractivity contribution in [2.45, 2.75) is 25.4 Å². The number of benzene rings is 1. The Labute approximate surface area is 102 Å². The molecule has 2 nitrogen and oxygen atoms in total. The van der Waals surface area contributed by atoms with Crippen molar-refractivity contribution in [1.82, 2.24) is 4.90 Å². The molecule has 1 aliphatic heterocycles. The highest BCUT2D eigenvalue weighted by molar-refractivity contribution is 6.30. The minimum Gasteiger partial charge on any atom is -0.385 e. The van der Waals surface area contributed by atoms with Gasteiger partial charge in [-0.1, -0.05) is 30.7 Å². The summed E-state index contributed by atoms with van der Waals surface area (Å²) in [5.74, 6) is 0. The number of piperidine rings is 1. The number of hydrogen-bond acceptors (Lipinski definition) is 2. The van der Waals surface area contributed by atoms with Gasteiger partial charge in [-0.15, -0.1) is 0 Å². The van der Waals surface area contributed by atoms with Gasteiger partial charge >= 0.3 is 0 Å². The molecular weight excluding hydrogens is 222 g/mol. The SMILES string of the molecule is CCN1CCC(O)(c2cccc(Cl)c2)CC1. The number of halogens is 1. The van der Waals surface area contributed by atoms with Crippen molar-refractivity contribution in [3.05, 3.63) is 34.9 Å². The lowest BCUT2D eigenvalue weighted by Gasteiger charge is -2.38. The average Bonchev–Trinajstić information content (AvgIpc) is 2.30. The van der Waals surface area contributed by atoms with Crippen LogP contribution in [-0.4, -0.2) is 29.6 Å². The fourth-order valence-electron chi connectivity index (χ4n) is 2.31. The van der Waals surface area contributed by atoms with Crippen molar-refractivity contribution in [3.63, 3.8) is 0 Å². The van der Waals surface area contributed by atoms with Crippen LogP contribution in [0, 0.1) is 0 Å². The molecule has 3 heteroatoms. The van der Waals surface area contributed by atoms with Gasteiger partial charge in [0.2, 0.25) is 0 Å². The molecule has 0 aromatic heterocycles. The van der Waals surface area contributed by atoms with E-state index >= 15 is 0 Å². The zero-order chi connectivity index (χ0) is 11.6. The van der Waals surface area contributed by atoms with E-state index < -0.39 is 5.60 Å². The topological polar surface area (TPSA) is 23.5 Å². The summed E-state index contributed by atoms with van der Waals surface area (Å²) in [6.07, 6.45) is 1.59. The summed E-state index contributed by atoms with van der Waals surface area (Å²) in [4.78, 5) is 2.36. The van der Waals surface area contributed by atoms with E-state index in [2.05, 4.69) is 11.8 Å². The summed E-state index contributed by atoms with van der Waals surface area (Å²) in [5.41, 5.74) is 0.270. The number of nitrogens with zero attached hydrogens (tertiary/aromatic N) is 1. The van der Waals surface area contributed by atoms with Crippen LogP contribution in [0.1, 0.15) is 25.3 Å². The molecule has 0 amide bonds. The lowest BCUT2D eigenvalue weighted by molar-refractivity contribution is -0.0246. The molecule has 88 valence electrons. The number of aliphatic hydroxyl groups is 1. The highest BCUT2D eigenvalue weighted by atomic mass is 35.5. The summed E-state index contributed by atoms with van der Waals surface area (Å²) in [7, 11) is 0. The number of likely N-dealkylation sites (tertiary alicyclic amines) is 1. The second kappa shape index (κ2) is 4.74.